The topological polar surface area (TPSA) is 60.8 Å². The van der Waals surface area contributed by atoms with Crippen LogP contribution in [0.2, 0.25) is 0 Å². The van der Waals surface area contributed by atoms with Gasteiger partial charge in [-0.1, -0.05) is 33.6 Å². The quantitative estimate of drug-likeness (QED) is 0.523. The summed E-state index contributed by atoms with van der Waals surface area (Å²) in [5.41, 5.74) is 0. The van der Waals surface area contributed by atoms with E-state index in [0.29, 0.717) is 6.42 Å². The van der Waals surface area contributed by atoms with E-state index in [1.807, 2.05) is 18.7 Å². The molecule has 0 aliphatic carbocycles. The Labute approximate surface area is 99.3 Å². The van der Waals surface area contributed by atoms with Crippen molar-refractivity contribution in [3.8, 4) is 0 Å². The van der Waals surface area contributed by atoms with Crippen molar-refractivity contribution < 1.29 is 15.0 Å². The van der Waals surface area contributed by atoms with Gasteiger partial charge in [-0.3, -0.25) is 9.69 Å². The van der Waals surface area contributed by atoms with Crippen molar-refractivity contribution in [2.24, 2.45) is 0 Å². The van der Waals surface area contributed by atoms with Crippen molar-refractivity contribution in [2.45, 2.75) is 59.6 Å². The predicted octanol–water partition coefficient (Wildman–Crippen LogP) is 2.32. The molecule has 0 aliphatic rings. The number of aliphatic hydroxyl groups excluding tert-OH is 1. The van der Waals surface area contributed by atoms with E-state index >= 15 is 0 Å². The largest absolute Gasteiger partial charge is 0.481 e. The molecule has 98 valence electrons. The Morgan fingerprint density at radius 1 is 1.19 bits per heavy atom. The number of carboxylic acids is 1. The Balaban J connectivity index is 0. The normalized spacial score (nSPS) is 11.9. The van der Waals surface area contributed by atoms with Crippen molar-refractivity contribution in [1.29, 1.82) is 0 Å². The van der Waals surface area contributed by atoms with Crippen LogP contribution in [0.25, 0.3) is 0 Å². The minimum atomic E-state index is -0.682. The Bertz CT molecular complexity index is 156. The third-order valence-corrected chi connectivity index (χ3v) is 2.34. The molecular formula is C12H27NO3. The summed E-state index contributed by atoms with van der Waals surface area (Å²) in [6, 6.07) is 0. The standard InChI is InChI=1S/C6H15NO.C6H12O2/c1-4-7(5-2)6(3)8;1-2-3-4-5-6(7)8/h6,8H,4-5H2,1-3H3;2-5H2,1H3,(H,7,8). The van der Waals surface area contributed by atoms with Gasteiger partial charge < -0.3 is 10.2 Å². The molecule has 0 fully saturated rings. The molecule has 0 spiro atoms. The molecular weight excluding hydrogens is 206 g/mol. The molecule has 4 nitrogen and oxygen atoms in total. The Morgan fingerprint density at radius 2 is 1.69 bits per heavy atom. The second-order valence-electron chi connectivity index (χ2n) is 3.70. The maximum Gasteiger partial charge on any atom is 0.303 e. The lowest BCUT2D eigenvalue weighted by Gasteiger charge is -2.20. The van der Waals surface area contributed by atoms with Gasteiger partial charge in [-0.05, 0) is 26.4 Å². The molecule has 0 aliphatic heterocycles. The number of unbranched alkanes of at least 4 members (excludes halogenated alkanes) is 2. The second-order valence-corrected chi connectivity index (χ2v) is 3.70. The Morgan fingerprint density at radius 3 is 1.88 bits per heavy atom. The van der Waals surface area contributed by atoms with Crippen LogP contribution in [0.1, 0.15) is 53.4 Å². The monoisotopic (exact) mass is 233 g/mol. The van der Waals surface area contributed by atoms with Crippen LogP contribution in [0, 0.1) is 0 Å². The zero-order valence-corrected chi connectivity index (χ0v) is 11.1. The van der Waals surface area contributed by atoms with Crippen LogP contribution < -0.4 is 0 Å². The zero-order chi connectivity index (χ0) is 13.0. The molecule has 0 aromatic rings. The summed E-state index contributed by atoms with van der Waals surface area (Å²) in [4.78, 5) is 11.8. The summed E-state index contributed by atoms with van der Waals surface area (Å²) in [6.07, 6.45) is 2.99. The molecule has 0 heterocycles. The SMILES string of the molecule is CCCCCC(=O)O.CCN(CC)C(C)O. The summed E-state index contributed by atoms with van der Waals surface area (Å²) in [7, 11) is 0. The Hall–Kier alpha value is -0.610. The number of hydrogen-bond donors (Lipinski definition) is 2. The summed E-state index contributed by atoms with van der Waals surface area (Å²) < 4.78 is 0. The van der Waals surface area contributed by atoms with Crippen LogP contribution in [0.15, 0.2) is 0 Å². The lowest BCUT2D eigenvalue weighted by molar-refractivity contribution is -0.137. The molecule has 16 heavy (non-hydrogen) atoms. The van der Waals surface area contributed by atoms with Gasteiger partial charge in [0.2, 0.25) is 0 Å². The van der Waals surface area contributed by atoms with Crippen LogP contribution in [-0.2, 0) is 4.79 Å². The van der Waals surface area contributed by atoms with Gasteiger partial charge >= 0.3 is 5.97 Å². The average Bonchev–Trinajstić information content (AvgIpc) is 2.20. The van der Waals surface area contributed by atoms with E-state index in [9.17, 15) is 4.79 Å². The minimum absolute atomic E-state index is 0.287. The average molecular weight is 233 g/mol. The van der Waals surface area contributed by atoms with Gasteiger partial charge in [-0.15, -0.1) is 0 Å². The van der Waals surface area contributed by atoms with Crippen LogP contribution >= 0.6 is 0 Å². The number of aliphatic carboxylic acids is 1. The summed E-state index contributed by atoms with van der Waals surface area (Å²) in [5.74, 6) is -0.682. The van der Waals surface area contributed by atoms with Crippen LogP contribution in [0.3, 0.4) is 0 Å². The van der Waals surface area contributed by atoms with Gasteiger partial charge in [-0.2, -0.15) is 0 Å². The smallest absolute Gasteiger partial charge is 0.303 e. The molecule has 0 saturated heterocycles. The van der Waals surface area contributed by atoms with Crippen molar-refractivity contribution in [3.63, 3.8) is 0 Å². The molecule has 0 rings (SSSR count). The molecule has 1 unspecified atom stereocenters. The first-order chi connectivity index (χ1) is 7.49. The van der Waals surface area contributed by atoms with E-state index in [1.54, 1.807) is 6.92 Å². The lowest BCUT2D eigenvalue weighted by Crippen LogP contribution is -2.32. The van der Waals surface area contributed by atoms with Crippen LogP contribution in [0.5, 0.6) is 0 Å². The lowest BCUT2D eigenvalue weighted by atomic mass is 10.2. The van der Waals surface area contributed by atoms with Crippen LogP contribution in [-0.4, -0.2) is 40.4 Å². The molecule has 1 atom stereocenters. The molecule has 0 aromatic carbocycles. The minimum Gasteiger partial charge on any atom is -0.481 e. The van der Waals surface area contributed by atoms with Gasteiger partial charge in [0.25, 0.3) is 0 Å². The highest BCUT2D eigenvalue weighted by atomic mass is 16.4. The van der Waals surface area contributed by atoms with E-state index in [-0.39, 0.29) is 6.23 Å². The van der Waals surface area contributed by atoms with Crippen molar-refractivity contribution in [1.82, 2.24) is 4.90 Å². The van der Waals surface area contributed by atoms with Crippen molar-refractivity contribution in [3.05, 3.63) is 0 Å². The first-order valence-corrected chi connectivity index (χ1v) is 6.13. The van der Waals surface area contributed by atoms with E-state index in [1.165, 1.54) is 0 Å². The third-order valence-electron chi connectivity index (χ3n) is 2.34. The fourth-order valence-electron chi connectivity index (χ4n) is 1.28. The van der Waals surface area contributed by atoms with E-state index in [4.69, 9.17) is 10.2 Å². The number of carboxylic acid groups (broad SMARTS) is 1. The first kappa shape index (κ1) is 17.8. The van der Waals surface area contributed by atoms with E-state index < -0.39 is 5.97 Å². The van der Waals surface area contributed by atoms with Gasteiger partial charge in [0.15, 0.2) is 0 Å². The second kappa shape index (κ2) is 12.5. The Kier molecular flexibility index (Phi) is 13.8. The fraction of sp³-hybridized carbons (Fsp3) is 0.917. The van der Waals surface area contributed by atoms with Gasteiger partial charge in [0, 0.05) is 6.42 Å². The summed E-state index contributed by atoms with van der Waals surface area (Å²) in [6.45, 7) is 9.77. The van der Waals surface area contributed by atoms with Crippen LogP contribution in [0.4, 0.5) is 0 Å². The molecule has 4 heteroatoms. The molecule has 0 radical (unpaired) electrons. The van der Waals surface area contributed by atoms with Gasteiger partial charge in [-0.25, -0.2) is 0 Å². The maximum absolute atomic E-state index is 9.87. The zero-order valence-electron chi connectivity index (χ0n) is 11.1. The molecule has 2 N–H and O–H groups in total. The number of hydrogen-bond acceptors (Lipinski definition) is 3. The van der Waals surface area contributed by atoms with Crippen molar-refractivity contribution in [2.75, 3.05) is 13.1 Å². The molecule has 0 saturated carbocycles. The number of carbonyl (C=O) groups is 1. The number of rotatable bonds is 7. The van der Waals surface area contributed by atoms with Gasteiger partial charge in [0.1, 0.15) is 6.23 Å². The highest BCUT2D eigenvalue weighted by Crippen LogP contribution is 1.97. The number of aliphatic hydroxyl groups is 1. The molecule has 0 aromatic heterocycles. The third kappa shape index (κ3) is 13.4. The molecule has 0 bridgehead atoms. The highest BCUT2D eigenvalue weighted by Gasteiger charge is 2.02. The summed E-state index contributed by atoms with van der Waals surface area (Å²) >= 11 is 0. The van der Waals surface area contributed by atoms with E-state index in [0.717, 1.165) is 32.4 Å². The maximum atomic E-state index is 9.87. The van der Waals surface area contributed by atoms with Gasteiger partial charge in [0.05, 0.1) is 0 Å². The molecule has 0 amide bonds. The van der Waals surface area contributed by atoms with Crippen molar-refractivity contribution >= 4 is 5.97 Å². The fourth-order valence-corrected chi connectivity index (χ4v) is 1.28. The first-order valence-electron chi connectivity index (χ1n) is 6.13. The highest BCUT2D eigenvalue weighted by molar-refractivity contribution is 5.66. The predicted molar refractivity (Wildman–Crippen MR) is 66.4 cm³/mol. The number of nitrogens with zero attached hydrogens (tertiary/aromatic N) is 1. The summed E-state index contributed by atoms with van der Waals surface area (Å²) in [5, 5.41) is 17.1. The van der Waals surface area contributed by atoms with E-state index in [2.05, 4.69) is 6.92 Å².